The van der Waals surface area contributed by atoms with Crippen LogP contribution in [0, 0.1) is 5.41 Å². The van der Waals surface area contributed by atoms with Crippen molar-refractivity contribution in [3.05, 3.63) is 46.6 Å². The Labute approximate surface area is 159 Å². The Morgan fingerprint density at radius 1 is 0.846 bits per heavy atom. The Morgan fingerprint density at radius 3 is 1.46 bits per heavy atom. The summed E-state index contributed by atoms with van der Waals surface area (Å²) in [5, 5.41) is 28.5. The van der Waals surface area contributed by atoms with Crippen molar-refractivity contribution < 1.29 is 10.2 Å². The zero-order chi connectivity index (χ0) is 20.3. The normalized spacial score (nSPS) is 14.5. The van der Waals surface area contributed by atoms with Gasteiger partial charge in [-0.3, -0.25) is 10.3 Å². The molecule has 0 aliphatic rings. The summed E-state index contributed by atoms with van der Waals surface area (Å²) in [5.74, 6) is -0.369. The number of guanidine groups is 1. The average Bonchev–Trinajstić information content (AvgIpc) is 2.45. The fourth-order valence-electron chi connectivity index (χ4n) is 2.45. The number of nitrogens with zero attached hydrogens (tertiary/aromatic N) is 1. The monoisotopic (exact) mass is 363 g/mol. The molecule has 0 fully saturated rings. The van der Waals surface area contributed by atoms with Crippen LogP contribution >= 0.6 is 0 Å². The Kier molecular flexibility index (Phi) is 11.6. The number of nitrogens with one attached hydrogen (secondary N) is 1. The number of aliphatic hydroxyl groups is 2. The lowest BCUT2D eigenvalue weighted by Gasteiger charge is -2.30. The van der Waals surface area contributed by atoms with E-state index in [2.05, 4.69) is 12.2 Å². The Morgan fingerprint density at radius 2 is 1.19 bits per heavy atom. The quantitative estimate of drug-likeness (QED) is 0.202. The third-order valence-corrected chi connectivity index (χ3v) is 3.90. The summed E-state index contributed by atoms with van der Waals surface area (Å²) < 4.78 is 0. The Bertz CT molecular complexity index is 522. The fraction of sp³-hybridized carbons (Fsp3) is 0.571. The van der Waals surface area contributed by atoms with Crippen LogP contribution in [0.4, 0.5) is 0 Å². The number of rotatable bonds is 10. The zero-order valence-electron chi connectivity index (χ0n) is 17.2. The van der Waals surface area contributed by atoms with Gasteiger partial charge >= 0.3 is 0 Å². The molecule has 0 saturated carbocycles. The lowest BCUT2D eigenvalue weighted by molar-refractivity contribution is -0.00731. The van der Waals surface area contributed by atoms with Gasteiger partial charge in [-0.15, -0.1) is 0 Å². The summed E-state index contributed by atoms with van der Waals surface area (Å²) in [4.78, 5) is 1.09. The van der Waals surface area contributed by atoms with Crippen LogP contribution in [0.15, 0.2) is 46.6 Å². The fourth-order valence-corrected chi connectivity index (χ4v) is 2.45. The largest absolute Gasteiger partial charge is 0.370 e. The average molecular weight is 364 g/mol. The molecule has 0 heterocycles. The second kappa shape index (κ2) is 12.5. The van der Waals surface area contributed by atoms with E-state index in [0.717, 1.165) is 41.7 Å². The molecule has 0 amide bonds. The second-order valence-corrected chi connectivity index (χ2v) is 7.29. The topological polar surface area (TPSA) is 93.6 Å². The lowest BCUT2D eigenvalue weighted by Crippen LogP contribution is -2.49. The van der Waals surface area contributed by atoms with Crippen molar-refractivity contribution in [2.24, 2.45) is 5.73 Å². The summed E-state index contributed by atoms with van der Waals surface area (Å²) in [7, 11) is 0. The molecule has 0 aromatic carbocycles. The molecule has 0 bridgehead atoms. The first-order chi connectivity index (χ1) is 12.0. The van der Waals surface area contributed by atoms with E-state index < -0.39 is 12.5 Å². The molecule has 5 nitrogen and oxygen atoms in total. The Hall–Kier alpha value is -1.85. The van der Waals surface area contributed by atoms with Gasteiger partial charge in [0.2, 0.25) is 0 Å². The van der Waals surface area contributed by atoms with Gasteiger partial charge in [-0.1, -0.05) is 34.4 Å². The molecule has 5 N–H and O–H groups in total. The number of allylic oxidation sites excluding steroid dienone is 6. The molecule has 0 spiro atoms. The van der Waals surface area contributed by atoms with Gasteiger partial charge in [-0.25, -0.2) is 0 Å². The maximum atomic E-state index is 10.4. The molecule has 0 rings (SSSR count). The summed E-state index contributed by atoms with van der Waals surface area (Å²) in [6.07, 6.45) is 8.66. The van der Waals surface area contributed by atoms with Crippen molar-refractivity contribution in [1.29, 1.82) is 5.41 Å². The van der Waals surface area contributed by atoms with E-state index >= 15 is 0 Å². The van der Waals surface area contributed by atoms with Gasteiger partial charge in [-0.05, 0) is 79.4 Å². The highest BCUT2D eigenvalue weighted by Gasteiger charge is 2.21. The van der Waals surface area contributed by atoms with Crippen LogP contribution in [0.1, 0.15) is 67.2 Å². The highest BCUT2D eigenvalue weighted by molar-refractivity contribution is 5.75. The molecular weight excluding hydrogens is 326 g/mol. The molecule has 0 saturated heterocycles. The molecule has 148 valence electrons. The highest BCUT2D eigenvalue weighted by atomic mass is 16.3. The number of hydrogen-bond donors (Lipinski definition) is 4. The molecular formula is C21H37N3O2. The summed E-state index contributed by atoms with van der Waals surface area (Å²) >= 11 is 0. The van der Waals surface area contributed by atoms with Crippen molar-refractivity contribution in [1.82, 2.24) is 4.90 Å². The van der Waals surface area contributed by atoms with Crippen molar-refractivity contribution in [3.63, 3.8) is 0 Å². The molecule has 0 aliphatic carbocycles. The molecule has 0 aliphatic heterocycles. The third kappa shape index (κ3) is 10.9. The van der Waals surface area contributed by atoms with Crippen LogP contribution in [-0.2, 0) is 0 Å². The van der Waals surface area contributed by atoms with E-state index in [1.807, 2.05) is 41.5 Å². The van der Waals surface area contributed by atoms with Crippen LogP contribution in [0.25, 0.3) is 0 Å². The van der Waals surface area contributed by atoms with Gasteiger partial charge < -0.3 is 15.9 Å². The first kappa shape index (κ1) is 24.1. The zero-order valence-corrected chi connectivity index (χ0v) is 17.2. The van der Waals surface area contributed by atoms with Crippen LogP contribution in [-0.4, -0.2) is 33.5 Å². The van der Waals surface area contributed by atoms with E-state index in [1.54, 1.807) is 12.2 Å². The summed E-state index contributed by atoms with van der Waals surface area (Å²) in [6, 6.07) is 0. The standard InChI is InChI=1S/C21H37N3O2/c1-15(2)9-7-11-17(5)13-19(25)24(21(22)23)20(26)14-18(6)12-8-10-16(3)4/h9-10,13-14,19-20,25-26H,7-8,11-12H2,1-6H3,(H3,22,23)/b17-13+,18-14+. The van der Waals surface area contributed by atoms with Crippen molar-refractivity contribution in [2.75, 3.05) is 0 Å². The van der Waals surface area contributed by atoms with Crippen molar-refractivity contribution in [3.8, 4) is 0 Å². The predicted octanol–water partition coefficient (Wildman–Crippen LogP) is 4.20. The van der Waals surface area contributed by atoms with Gasteiger partial charge in [0, 0.05) is 0 Å². The number of hydrogen-bond acceptors (Lipinski definition) is 3. The first-order valence-electron chi connectivity index (χ1n) is 9.14. The molecule has 0 aromatic heterocycles. The number of nitrogens with two attached hydrogens (primary N) is 1. The molecule has 0 radical (unpaired) electrons. The van der Waals surface area contributed by atoms with E-state index in [-0.39, 0.29) is 5.96 Å². The lowest BCUT2D eigenvalue weighted by atomic mass is 10.1. The Balaban J connectivity index is 5.00. The van der Waals surface area contributed by atoms with Crippen LogP contribution < -0.4 is 5.73 Å². The van der Waals surface area contributed by atoms with Gasteiger partial charge in [-0.2, -0.15) is 0 Å². The van der Waals surface area contributed by atoms with Crippen molar-refractivity contribution >= 4 is 5.96 Å². The molecule has 2 unspecified atom stereocenters. The van der Waals surface area contributed by atoms with E-state index in [4.69, 9.17) is 11.1 Å². The maximum Gasteiger partial charge on any atom is 0.193 e. The van der Waals surface area contributed by atoms with Gasteiger partial charge in [0.05, 0.1) is 0 Å². The number of aliphatic hydroxyl groups excluding tert-OH is 2. The predicted molar refractivity (Wildman–Crippen MR) is 111 cm³/mol. The van der Waals surface area contributed by atoms with Gasteiger partial charge in [0.25, 0.3) is 0 Å². The van der Waals surface area contributed by atoms with Gasteiger partial charge in [0.15, 0.2) is 18.4 Å². The van der Waals surface area contributed by atoms with Crippen LogP contribution in [0.5, 0.6) is 0 Å². The minimum Gasteiger partial charge on any atom is -0.370 e. The molecule has 0 aromatic rings. The highest BCUT2D eigenvalue weighted by Crippen LogP contribution is 2.14. The molecule has 2 atom stereocenters. The van der Waals surface area contributed by atoms with Gasteiger partial charge in [0.1, 0.15) is 0 Å². The van der Waals surface area contributed by atoms with E-state index in [0.29, 0.717) is 0 Å². The molecule has 26 heavy (non-hydrogen) atoms. The van der Waals surface area contributed by atoms with E-state index in [9.17, 15) is 10.2 Å². The summed E-state index contributed by atoms with van der Waals surface area (Å²) in [5.41, 5.74) is 10.1. The minimum atomic E-state index is -1.14. The second-order valence-electron chi connectivity index (χ2n) is 7.29. The summed E-state index contributed by atoms with van der Waals surface area (Å²) in [6.45, 7) is 12.0. The van der Waals surface area contributed by atoms with Crippen LogP contribution in [0.3, 0.4) is 0 Å². The van der Waals surface area contributed by atoms with Crippen molar-refractivity contribution in [2.45, 2.75) is 79.7 Å². The maximum absolute atomic E-state index is 10.4. The van der Waals surface area contributed by atoms with E-state index in [1.165, 1.54) is 11.1 Å². The third-order valence-electron chi connectivity index (χ3n) is 3.90. The molecule has 5 heteroatoms. The van der Waals surface area contributed by atoms with Crippen LogP contribution in [0.2, 0.25) is 0 Å². The minimum absolute atomic E-state index is 0.369. The SMILES string of the molecule is CC(C)=CCC/C(C)=C/C(O)N(C(=N)N)C(O)/C=C(\C)CCC=C(C)C. The first-order valence-corrected chi connectivity index (χ1v) is 9.14. The smallest absolute Gasteiger partial charge is 0.193 e.